The number of rotatable bonds is 14. The lowest BCUT2D eigenvalue weighted by molar-refractivity contribution is -0.159. The predicted octanol–water partition coefficient (Wildman–Crippen LogP) is 6.42. The monoisotopic (exact) mass is 532 g/mol. The summed E-state index contributed by atoms with van der Waals surface area (Å²) >= 11 is 0. The Morgan fingerprint density at radius 3 is 2.26 bits per heavy atom. The lowest BCUT2D eigenvalue weighted by Crippen LogP contribution is -2.26. The zero-order valence-corrected chi connectivity index (χ0v) is 22.3. The number of anilines is 1. The maximum absolute atomic E-state index is 12.3. The minimum absolute atomic E-state index is 0.204. The number of carbonyl (C=O) groups excluding carboxylic acids is 3. The van der Waals surface area contributed by atoms with Crippen LogP contribution in [-0.2, 0) is 32.1 Å². The Balaban J connectivity index is 1.26. The van der Waals surface area contributed by atoms with Crippen LogP contribution in [0.1, 0.15) is 49.7 Å². The number of carbonyl (C=O) groups is 3. The molecule has 0 atom stereocenters. The SMILES string of the molecule is COC(=O)/C=C/C(=O)N(O)CCCCCCCCc1ccc(COC(=O)Nc2cccc3ccccc23)cc1. The Bertz CT molecular complexity index is 1250. The standard InChI is InChI=1S/C31H36N2O6/c1-38-30(35)21-20-29(34)33(37)22-9-5-3-2-4-6-11-24-16-18-25(19-17-24)23-39-31(36)32-28-15-10-13-26-12-7-8-14-27(26)28/h7-8,10,12-21,37H,2-6,9,11,22-23H2,1H3,(H,32,36)/b21-20+. The van der Waals surface area contributed by atoms with Crippen molar-refractivity contribution in [2.24, 2.45) is 0 Å². The predicted molar refractivity (Wildman–Crippen MR) is 150 cm³/mol. The van der Waals surface area contributed by atoms with Crippen molar-refractivity contribution >= 4 is 34.4 Å². The van der Waals surface area contributed by atoms with E-state index < -0.39 is 18.0 Å². The molecule has 8 heteroatoms. The van der Waals surface area contributed by atoms with Crippen LogP contribution in [0.5, 0.6) is 0 Å². The van der Waals surface area contributed by atoms with Gasteiger partial charge in [0.2, 0.25) is 0 Å². The maximum Gasteiger partial charge on any atom is 0.411 e. The first-order chi connectivity index (χ1) is 19.0. The molecule has 0 fully saturated rings. The van der Waals surface area contributed by atoms with E-state index in [0.29, 0.717) is 11.5 Å². The van der Waals surface area contributed by atoms with Crippen molar-refractivity contribution in [3.8, 4) is 0 Å². The van der Waals surface area contributed by atoms with Gasteiger partial charge in [0, 0.05) is 24.1 Å². The fraction of sp³-hybridized carbons (Fsp3) is 0.323. The van der Waals surface area contributed by atoms with E-state index in [-0.39, 0.29) is 13.2 Å². The highest BCUT2D eigenvalue weighted by Crippen LogP contribution is 2.23. The van der Waals surface area contributed by atoms with Gasteiger partial charge in [-0.15, -0.1) is 0 Å². The highest BCUT2D eigenvalue weighted by molar-refractivity contribution is 6.00. The van der Waals surface area contributed by atoms with E-state index in [2.05, 4.69) is 22.2 Å². The molecule has 0 unspecified atom stereocenters. The second kappa shape index (κ2) is 15.9. The fourth-order valence-electron chi connectivity index (χ4n) is 4.13. The zero-order valence-electron chi connectivity index (χ0n) is 22.3. The first kappa shape index (κ1) is 29.4. The molecule has 3 aromatic rings. The summed E-state index contributed by atoms with van der Waals surface area (Å²) in [5.74, 6) is -1.28. The van der Waals surface area contributed by atoms with Crippen LogP contribution < -0.4 is 5.32 Å². The summed E-state index contributed by atoms with van der Waals surface area (Å²) in [4.78, 5) is 34.9. The molecule has 3 rings (SSSR count). The number of methoxy groups -OCH3 is 1. The number of hydrogen-bond donors (Lipinski definition) is 2. The van der Waals surface area contributed by atoms with Gasteiger partial charge < -0.3 is 9.47 Å². The molecular formula is C31H36N2O6. The van der Waals surface area contributed by atoms with Gasteiger partial charge in [-0.05, 0) is 41.8 Å². The molecular weight excluding hydrogens is 496 g/mol. The minimum Gasteiger partial charge on any atom is -0.466 e. The second-order valence-electron chi connectivity index (χ2n) is 9.23. The van der Waals surface area contributed by atoms with E-state index in [1.54, 1.807) is 0 Å². The van der Waals surface area contributed by atoms with Crippen LogP contribution in [0.3, 0.4) is 0 Å². The van der Waals surface area contributed by atoms with Crippen LogP contribution in [-0.4, -0.2) is 41.9 Å². The van der Waals surface area contributed by atoms with Crippen LogP contribution in [0.25, 0.3) is 10.8 Å². The number of hydrogen-bond acceptors (Lipinski definition) is 6. The summed E-state index contributed by atoms with van der Waals surface area (Å²) in [6.07, 6.45) is 8.37. The quantitative estimate of drug-likeness (QED) is 0.0816. The van der Waals surface area contributed by atoms with Crippen molar-refractivity contribution in [2.45, 2.75) is 51.6 Å². The largest absolute Gasteiger partial charge is 0.466 e. The highest BCUT2D eigenvalue weighted by Gasteiger charge is 2.08. The van der Waals surface area contributed by atoms with Gasteiger partial charge >= 0.3 is 12.1 Å². The Kier molecular flexibility index (Phi) is 12.0. The molecule has 0 saturated heterocycles. The molecule has 0 heterocycles. The molecule has 2 N–H and O–H groups in total. The molecule has 0 aliphatic heterocycles. The van der Waals surface area contributed by atoms with Crippen molar-refractivity contribution < 1.29 is 29.1 Å². The number of unbranched alkanes of at least 4 members (excludes halogenated alkanes) is 5. The van der Waals surface area contributed by atoms with Gasteiger partial charge in [0.1, 0.15) is 6.61 Å². The Morgan fingerprint density at radius 2 is 1.49 bits per heavy atom. The van der Waals surface area contributed by atoms with Gasteiger partial charge in [-0.2, -0.15) is 0 Å². The summed E-state index contributed by atoms with van der Waals surface area (Å²) in [7, 11) is 1.22. The van der Waals surface area contributed by atoms with Crippen LogP contribution in [0, 0.1) is 0 Å². The van der Waals surface area contributed by atoms with Crippen molar-refractivity contribution in [3.63, 3.8) is 0 Å². The van der Waals surface area contributed by atoms with Crippen LogP contribution in [0.15, 0.2) is 78.9 Å². The number of fused-ring (bicyclic) bond motifs is 1. The van der Waals surface area contributed by atoms with E-state index in [9.17, 15) is 19.6 Å². The normalized spacial score (nSPS) is 10.9. The van der Waals surface area contributed by atoms with E-state index in [0.717, 1.165) is 72.7 Å². The molecule has 3 aromatic carbocycles. The number of ether oxygens (including phenoxy) is 2. The molecule has 39 heavy (non-hydrogen) atoms. The average molecular weight is 533 g/mol. The Morgan fingerprint density at radius 1 is 0.821 bits per heavy atom. The molecule has 0 radical (unpaired) electrons. The topological polar surface area (TPSA) is 105 Å². The van der Waals surface area contributed by atoms with Crippen LogP contribution in [0.4, 0.5) is 10.5 Å². The second-order valence-corrected chi connectivity index (χ2v) is 9.23. The summed E-state index contributed by atoms with van der Waals surface area (Å²) in [6.45, 7) is 0.431. The van der Waals surface area contributed by atoms with Crippen molar-refractivity contribution in [2.75, 3.05) is 19.0 Å². The molecule has 8 nitrogen and oxygen atoms in total. The van der Waals surface area contributed by atoms with Crippen LogP contribution in [0.2, 0.25) is 0 Å². The first-order valence-corrected chi connectivity index (χ1v) is 13.2. The van der Waals surface area contributed by atoms with Crippen molar-refractivity contribution in [1.29, 1.82) is 0 Å². The number of amides is 2. The number of benzene rings is 3. The molecule has 0 spiro atoms. The molecule has 0 bridgehead atoms. The van der Waals surface area contributed by atoms with Gasteiger partial charge in [-0.3, -0.25) is 15.3 Å². The summed E-state index contributed by atoms with van der Waals surface area (Å²) in [5, 5.41) is 15.2. The van der Waals surface area contributed by atoms with Gasteiger partial charge in [0.15, 0.2) is 0 Å². The third-order valence-corrected chi connectivity index (χ3v) is 6.32. The number of nitrogens with one attached hydrogen (secondary N) is 1. The van der Waals surface area contributed by atoms with E-state index >= 15 is 0 Å². The Hall–Kier alpha value is -4.17. The van der Waals surface area contributed by atoms with Gasteiger partial charge in [0.05, 0.1) is 12.8 Å². The van der Waals surface area contributed by atoms with E-state index in [4.69, 9.17) is 4.74 Å². The number of nitrogens with zero attached hydrogens (tertiary/aromatic N) is 1. The van der Waals surface area contributed by atoms with Crippen LogP contribution >= 0.6 is 0 Å². The third kappa shape index (κ3) is 10.2. The van der Waals surface area contributed by atoms with E-state index in [1.807, 2.05) is 54.6 Å². The average Bonchev–Trinajstić information content (AvgIpc) is 2.96. The highest BCUT2D eigenvalue weighted by atomic mass is 16.5. The lowest BCUT2D eigenvalue weighted by atomic mass is 10.0. The number of esters is 1. The fourth-order valence-corrected chi connectivity index (χ4v) is 4.13. The zero-order chi connectivity index (χ0) is 27.9. The molecule has 0 aromatic heterocycles. The molecule has 206 valence electrons. The summed E-state index contributed by atoms with van der Waals surface area (Å²) in [6, 6.07) is 21.8. The number of aryl methyl sites for hydroxylation is 1. The minimum atomic E-state index is -0.640. The third-order valence-electron chi connectivity index (χ3n) is 6.32. The van der Waals surface area contributed by atoms with Gasteiger partial charge in [-0.1, -0.05) is 86.3 Å². The summed E-state index contributed by atoms with van der Waals surface area (Å²) < 4.78 is 9.82. The molecule has 0 aliphatic carbocycles. The molecule has 0 saturated carbocycles. The molecule has 2 amide bonds. The van der Waals surface area contributed by atoms with Crippen molar-refractivity contribution in [1.82, 2.24) is 5.06 Å². The number of hydroxylamine groups is 2. The maximum atomic E-state index is 12.3. The Labute approximate surface area is 229 Å². The van der Waals surface area contributed by atoms with Gasteiger partial charge in [-0.25, -0.2) is 14.7 Å². The first-order valence-electron chi connectivity index (χ1n) is 13.2. The lowest BCUT2D eigenvalue weighted by Gasteiger charge is -2.12. The van der Waals surface area contributed by atoms with Crippen molar-refractivity contribution in [3.05, 3.63) is 90.0 Å². The smallest absolute Gasteiger partial charge is 0.411 e. The van der Waals surface area contributed by atoms with E-state index in [1.165, 1.54) is 12.7 Å². The molecule has 0 aliphatic rings. The van der Waals surface area contributed by atoms with Gasteiger partial charge in [0.25, 0.3) is 5.91 Å². The summed E-state index contributed by atoms with van der Waals surface area (Å²) in [5.41, 5.74) is 2.90.